The van der Waals surface area contributed by atoms with E-state index in [1.54, 1.807) is 5.38 Å². The second kappa shape index (κ2) is 10.0. The third-order valence-electron chi connectivity index (χ3n) is 4.10. The summed E-state index contributed by atoms with van der Waals surface area (Å²) in [5, 5.41) is 15.0. The van der Waals surface area contributed by atoms with Crippen molar-refractivity contribution < 1.29 is 26.6 Å². The average Bonchev–Trinajstić information content (AvgIpc) is 3.26. The molecule has 0 atom stereocenters. The van der Waals surface area contributed by atoms with Crippen LogP contribution in [0.25, 0.3) is 0 Å². The van der Waals surface area contributed by atoms with Crippen LogP contribution >= 0.6 is 11.3 Å². The molecular weight excluding hydrogens is 494 g/mol. The first kappa shape index (κ1) is 24.2. The van der Waals surface area contributed by atoms with Gasteiger partial charge in [-0.3, -0.25) is 19.6 Å². The Balaban J connectivity index is 1.52. The van der Waals surface area contributed by atoms with Gasteiger partial charge in [-0.25, -0.2) is 26.5 Å². The molecule has 0 aliphatic rings. The molecule has 2 aromatic carbocycles. The maximum absolute atomic E-state index is 12.3. The van der Waals surface area contributed by atoms with Crippen molar-refractivity contribution in [2.24, 2.45) is 0 Å². The van der Waals surface area contributed by atoms with Gasteiger partial charge in [0.15, 0.2) is 5.13 Å². The zero-order valence-corrected chi connectivity index (χ0v) is 19.1. The summed E-state index contributed by atoms with van der Waals surface area (Å²) in [7, 11) is -7.77. The number of hydrogen-bond donors (Lipinski definition) is 3. The van der Waals surface area contributed by atoms with E-state index in [0.717, 1.165) is 35.6 Å². The average molecular weight is 512 g/mol. The van der Waals surface area contributed by atoms with E-state index < -0.39 is 30.9 Å². The molecule has 15 heteroatoms. The van der Waals surface area contributed by atoms with Crippen molar-refractivity contribution in [2.45, 2.75) is 16.2 Å². The Bertz CT molecular complexity index is 1340. The fraction of sp³-hybridized carbons (Fsp3) is 0.111. The van der Waals surface area contributed by atoms with Crippen LogP contribution in [0.4, 0.5) is 16.5 Å². The Morgan fingerprint density at radius 3 is 2.15 bits per heavy atom. The first-order valence-corrected chi connectivity index (χ1v) is 13.0. The third-order valence-corrected chi connectivity index (χ3v) is 7.75. The molecule has 0 saturated carbocycles. The Hall–Kier alpha value is -3.40. The molecule has 0 aliphatic heterocycles. The maximum atomic E-state index is 12.3. The van der Waals surface area contributed by atoms with E-state index in [2.05, 4.69) is 19.7 Å². The molecule has 0 bridgehead atoms. The van der Waals surface area contributed by atoms with Crippen molar-refractivity contribution in [1.82, 2.24) is 9.71 Å². The summed E-state index contributed by atoms with van der Waals surface area (Å²) in [4.78, 5) is 25.8. The topological polar surface area (TPSA) is 177 Å². The van der Waals surface area contributed by atoms with E-state index in [1.807, 2.05) is 0 Å². The first-order chi connectivity index (χ1) is 15.6. The highest BCUT2D eigenvalue weighted by Crippen LogP contribution is 2.20. The van der Waals surface area contributed by atoms with Gasteiger partial charge in [0.05, 0.1) is 14.7 Å². The van der Waals surface area contributed by atoms with Crippen LogP contribution in [0.1, 0.15) is 6.42 Å². The molecule has 0 unspecified atom stereocenters. The van der Waals surface area contributed by atoms with E-state index >= 15 is 0 Å². The quantitative estimate of drug-likeness (QED) is 0.274. The molecule has 3 rings (SSSR count). The molecular formula is C18H17N5O7S3. The molecule has 174 valence electrons. The molecule has 12 nitrogen and oxygen atoms in total. The van der Waals surface area contributed by atoms with Crippen LogP contribution in [0.5, 0.6) is 0 Å². The molecule has 1 aromatic heterocycles. The number of aromatic nitrogens is 1. The van der Waals surface area contributed by atoms with Crippen molar-refractivity contribution in [1.29, 1.82) is 0 Å². The lowest BCUT2D eigenvalue weighted by atomic mass is 10.3. The SMILES string of the molecule is O=C(CCNS(=O)(=O)c1ccc([N+](=O)[O-])cc1)Nc1ccc(S(=O)(=O)Nc2nccs2)cc1. The monoisotopic (exact) mass is 511 g/mol. The summed E-state index contributed by atoms with van der Waals surface area (Å²) in [6.45, 7) is -0.213. The van der Waals surface area contributed by atoms with Crippen molar-refractivity contribution in [3.05, 3.63) is 70.2 Å². The zero-order chi connectivity index (χ0) is 24.1. The van der Waals surface area contributed by atoms with E-state index in [4.69, 9.17) is 0 Å². The van der Waals surface area contributed by atoms with Gasteiger partial charge in [-0.05, 0) is 36.4 Å². The predicted octanol–water partition coefficient (Wildman–Crippen LogP) is 2.16. The van der Waals surface area contributed by atoms with Crippen LogP contribution in [-0.4, -0.2) is 39.2 Å². The highest BCUT2D eigenvalue weighted by Gasteiger charge is 2.17. The van der Waals surface area contributed by atoms with Gasteiger partial charge in [-0.2, -0.15) is 0 Å². The number of rotatable bonds is 10. The molecule has 33 heavy (non-hydrogen) atoms. The Morgan fingerprint density at radius 2 is 1.58 bits per heavy atom. The first-order valence-electron chi connectivity index (χ1n) is 9.13. The van der Waals surface area contributed by atoms with E-state index in [1.165, 1.54) is 30.5 Å². The minimum atomic E-state index is -3.95. The van der Waals surface area contributed by atoms with Crippen LogP contribution in [-0.2, 0) is 24.8 Å². The zero-order valence-electron chi connectivity index (χ0n) is 16.7. The van der Waals surface area contributed by atoms with Gasteiger partial charge in [0.25, 0.3) is 15.7 Å². The lowest BCUT2D eigenvalue weighted by Gasteiger charge is -2.09. The number of benzene rings is 2. The molecule has 1 heterocycles. The molecule has 3 N–H and O–H groups in total. The number of nitrogens with zero attached hydrogens (tertiary/aromatic N) is 2. The van der Waals surface area contributed by atoms with Crippen molar-refractivity contribution in [3.63, 3.8) is 0 Å². The highest BCUT2D eigenvalue weighted by atomic mass is 32.2. The van der Waals surface area contributed by atoms with Crippen LogP contribution in [0.2, 0.25) is 0 Å². The summed E-state index contributed by atoms with van der Waals surface area (Å²) in [5.41, 5.74) is 0.0811. The van der Waals surface area contributed by atoms with Crippen molar-refractivity contribution >= 4 is 53.8 Å². The number of anilines is 2. The largest absolute Gasteiger partial charge is 0.326 e. The second-order valence-corrected chi connectivity index (χ2v) is 10.8. The van der Waals surface area contributed by atoms with Crippen LogP contribution in [0, 0.1) is 10.1 Å². The molecule has 3 aromatic rings. The van der Waals surface area contributed by atoms with Crippen LogP contribution < -0.4 is 14.8 Å². The number of carbonyl (C=O) groups is 1. The predicted molar refractivity (Wildman–Crippen MR) is 121 cm³/mol. The van der Waals surface area contributed by atoms with Crippen molar-refractivity contribution in [2.75, 3.05) is 16.6 Å². The minimum Gasteiger partial charge on any atom is -0.326 e. The number of sulfonamides is 2. The summed E-state index contributed by atoms with van der Waals surface area (Å²) >= 11 is 1.13. The molecule has 0 fully saturated rings. The van der Waals surface area contributed by atoms with E-state index in [0.29, 0.717) is 5.69 Å². The number of carbonyl (C=O) groups excluding carboxylic acids is 1. The molecule has 0 spiro atoms. The molecule has 0 aliphatic carbocycles. The highest BCUT2D eigenvalue weighted by molar-refractivity contribution is 7.93. The standard InChI is InChI=1S/C18H17N5O7S3/c24-17(9-10-20-32(27,28)15-7-3-14(4-8-15)23(25)26)21-13-1-5-16(6-2-13)33(29,30)22-18-19-11-12-31-18/h1-8,11-12,20H,9-10H2,(H,19,22)(H,21,24). The Morgan fingerprint density at radius 1 is 0.970 bits per heavy atom. The Kier molecular flexibility index (Phi) is 7.37. The third kappa shape index (κ3) is 6.55. The number of nitro groups is 1. The van der Waals surface area contributed by atoms with Crippen LogP contribution in [0.3, 0.4) is 0 Å². The number of amides is 1. The number of non-ortho nitro benzene ring substituents is 1. The summed E-state index contributed by atoms with van der Waals surface area (Å²) < 4.78 is 53.6. The smallest absolute Gasteiger partial charge is 0.269 e. The maximum Gasteiger partial charge on any atom is 0.269 e. The minimum absolute atomic E-state index is 0.0217. The van der Waals surface area contributed by atoms with Gasteiger partial charge in [-0.1, -0.05) is 0 Å². The fourth-order valence-corrected chi connectivity index (χ4v) is 5.34. The molecule has 0 saturated heterocycles. The molecule has 1 amide bonds. The lowest BCUT2D eigenvalue weighted by Crippen LogP contribution is -2.27. The second-order valence-electron chi connectivity index (χ2n) is 6.41. The van der Waals surface area contributed by atoms with Crippen molar-refractivity contribution in [3.8, 4) is 0 Å². The number of nitrogens with one attached hydrogen (secondary N) is 3. The summed E-state index contributed by atoms with van der Waals surface area (Å²) in [6.07, 6.45) is 1.27. The molecule has 0 radical (unpaired) electrons. The number of nitro benzene ring substituents is 1. The summed E-state index contributed by atoms with van der Waals surface area (Å²) in [6, 6.07) is 9.74. The summed E-state index contributed by atoms with van der Waals surface area (Å²) in [5.74, 6) is -0.502. The van der Waals surface area contributed by atoms with Gasteiger partial charge >= 0.3 is 0 Å². The van der Waals surface area contributed by atoms with E-state index in [9.17, 15) is 31.7 Å². The fourth-order valence-electron chi connectivity index (χ4n) is 2.52. The Labute approximate surface area is 192 Å². The number of hydrogen-bond acceptors (Lipinski definition) is 9. The van der Waals surface area contributed by atoms with Gasteiger partial charge < -0.3 is 5.32 Å². The van der Waals surface area contributed by atoms with Gasteiger partial charge in [-0.15, -0.1) is 11.3 Å². The van der Waals surface area contributed by atoms with E-state index in [-0.39, 0.29) is 33.6 Å². The number of thiazole rings is 1. The van der Waals surface area contributed by atoms with Gasteiger partial charge in [0.2, 0.25) is 15.9 Å². The van der Waals surface area contributed by atoms with Crippen LogP contribution in [0.15, 0.2) is 69.9 Å². The normalized spacial score (nSPS) is 11.6. The van der Waals surface area contributed by atoms with Gasteiger partial charge in [0, 0.05) is 42.4 Å². The lowest BCUT2D eigenvalue weighted by molar-refractivity contribution is -0.384. The van der Waals surface area contributed by atoms with Gasteiger partial charge in [0.1, 0.15) is 0 Å².